The van der Waals surface area contributed by atoms with E-state index in [2.05, 4.69) is 4.98 Å². The van der Waals surface area contributed by atoms with Crippen molar-refractivity contribution in [2.24, 2.45) is 0 Å². The maximum atomic E-state index is 11.1. The first kappa shape index (κ1) is 21.8. The van der Waals surface area contributed by atoms with Gasteiger partial charge in [0.1, 0.15) is 5.52 Å². The molecule has 108 valence electrons. The van der Waals surface area contributed by atoms with Gasteiger partial charge in [0.05, 0.1) is 0 Å². The van der Waals surface area contributed by atoms with Gasteiger partial charge in [0.15, 0.2) is 5.58 Å². The molecule has 0 unspecified atom stereocenters. The number of anilines is 1. The van der Waals surface area contributed by atoms with Crippen molar-refractivity contribution >= 4 is 91.4 Å². The molecule has 0 fully saturated rings. The predicted molar refractivity (Wildman–Crippen MR) is 79.8 cm³/mol. The van der Waals surface area contributed by atoms with Gasteiger partial charge in [-0.15, -0.1) is 0 Å². The van der Waals surface area contributed by atoms with Crippen molar-refractivity contribution in [2.75, 3.05) is 5.32 Å². The number of nitrogens with zero attached hydrogens (tertiary/aromatic N) is 1. The third kappa shape index (κ3) is 5.73. The van der Waals surface area contributed by atoms with Crippen molar-refractivity contribution in [1.29, 1.82) is 0 Å². The summed E-state index contributed by atoms with van der Waals surface area (Å²) in [5, 5.41) is 1.94. The number of oxazole rings is 1. The normalized spacial score (nSPS) is 11.9. The fourth-order valence-electron chi connectivity index (χ4n) is 1.41. The zero-order valence-corrected chi connectivity index (χ0v) is 11.0. The molecule has 0 aliphatic heterocycles. The Bertz CT molecular complexity index is 642. The average molecular weight is 356 g/mol. The van der Waals surface area contributed by atoms with Crippen LogP contribution in [0.25, 0.3) is 11.1 Å². The molecule has 0 saturated carbocycles. The molecule has 0 spiro atoms. The van der Waals surface area contributed by atoms with Crippen molar-refractivity contribution in [3.05, 3.63) is 24.3 Å². The average Bonchev–Trinajstić information content (AvgIpc) is 2.65. The van der Waals surface area contributed by atoms with E-state index < -0.39 is 20.7 Å². The Kier molecular flexibility index (Phi) is 8.36. The van der Waals surface area contributed by atoms with Crippen molar-refractivity contribution in [3.8, 4) is 0 Å². The fourth-order valence-corrected chi connectivity index (χ4v) is 3.53. The van der Waals surface area contributed by atoms with Crippen molar-refractivity contribution in [2.45, 2.75) is 5.52 Å². The monoisotopic (exact) mass is 356 g/mol. The van der Waals surface area contributed by atoms with Crippen LogP contribution in [0.1, 0.15) is 0 Å². The summed E-state index contributed by atoms with van der Waals surface area (Å²) >= 11 is 0. The fraction of sp³-hybridized carbons (Fsp3) is 0.125. The molecule has 0 bridgehead atoms. The van der Waals surface area contributed by atoms with Crippen LogP contribution >= 0.6 is 15.2 Å². The number of hydrogen-bond donors (Lipinski definition) is 5. The Morgan fingerprint density at radius 2 is 1.57 bits per heavy atom. The summed E-state index contributed by atoms with van der Waals surface area (Å²) in [6.07, 6.45) is 0. The molecule has 5 N–H and O–H groups in total. The van der Waals surface area contributed by atoms with Gasteiger partial charge in [0.2, 0.25) is 5.52 Å². The zero-order valence-electron chi connectivity index (χ0n) is 9.24. The van der Waals surface area contributed by atoms with Gasteiger partial charge in [0, 0.05) is 0 Å². The van der Waals surface area contributed by atoms with Crippen molar-refractivity contribution in [1.82, 2.24) is 4.98 Å². The molecule has 21 heavy (non-hydrogen) atoms. The molecule has 0 amide bonds. The van der Waals surface area contributed by atoms with Crippen LogP contribution < -0.4 is 5.32 Å². The van der Waals surface area contributed by atoms with Gasteiger partial charge in [-0.25, -0.2) is 0 Å². The summed E-state index contributed by atoms with van der Waals surface area (Å²) in [4.78, 5) is 39.6. The quantitative estimate of drug-likeness (QED) is 0.363. The van der Waals surface area contributed by atoms with Crippen LogP contribution in [0.15, 0.2) is 28.7 Å². The first-order valence-corrected chi connectivity index (χ1v) is 8.27. The first-order valence-electron chi connectivity index (χ1n) is 4.90. The van der Waals surface area contributed by atoms with Gasteiger partial charge in [-0.1, -0.05) is 12.1 Å². The summed E-state index contributed by atoms with van der Waals surface area (Å²) in [5.74, 6) is 0. The second-order valence-electron chi connectivity index (χ2n) is 3.68. The minimum atomic E-state index is -5.08. The molecule has 1 heterocycles. The van der Waals surface area contributed by atoms with Gasteiger partial charge in [0.25, 0.3) is 6.01 Å². The van der Waals surface area contributed by atoms with E-state index in [-0.39, 0.29) is 65.1 Å². The van der Waals surface area contributed by atoms with E-state index in [1.165, 1.54) is 0 Å². The van der Waals surface area contributed by atoms with E-state index in [1.54, 1.807) is 24.3 Å². The number of benzene rings is 1. The molecule has 0 aliphatic carbocycles. The second-order valence-corrected chi connectivity index (χ2v) is 7.48. The number of rotatable bonds is 4. The number of hydrogen-bond acceptors (Lipinski definition) is 5. The second kappa shape index (κ2) is 8.06. The zero-order chi connectivity index (χ0) is 14.3. The van der Waals surface area contributed by atoms with Crippen LogP contribution in [0.4, 0.5) is 6.01 Å². The van der Waals surface area contributed by atoms with Crippen LogP contribution in [-0.4, -0.2) is 89.2 Å². The Balaban J connectivity index is 0.00000200. The Morgan fingerprint density at radius 1 is 1.05 bits per heavy atom. The van der Waals surface area contributed by atoms with Gasteiger partial charge in [-0.05, 0) is 12.1 Å². The van der Waals surface area contributed by atoms with Gasteiger partial charge in [-0.3, -0.25) is 9.13 Å². The summed E-state index contributed by atoms with van der Waals surface area (Å²) in [7, 11) is -10.2. The maximum absolute atomic E-state index is 11.1. The van der Waals surface area contributed by atoms with E-state index >= 15 is 0 Å². The molecule has 0 saturated heterocycles. The van der Waals surface area contributed by atoms with Crippen LogP contribution in [0.2, 0.25) is 0 Å². The van der Waals surface area contributed by atoms with Crippen molar-refractivity contribution in [3.63, 3.8) is 0 Å². The molecular formula is C8H12N2Na2O7P2. The van der Waals surface area contributed by atoms with E-state index in [1.807, 2.05) is 5.32 Å². The Labute approximate surface area is 163 Å². The number of nitrogens with one attached hydrogen (secondary N) is 1. The van der Waals surface area contributed by atoms with E-state index in [9.17, 15) is 9.13 Å². The molecular weight excluding hydrogens is 344 g/mol. The summed E-state index contributed by atoms with van der Waals surface area (Å²) < 4.78 is 27.2. The summed E-state index contributed by atoms with van der Waals surface area (Å²) in [6.45, 7) is 0. The molecule has 13 heteroatoms. The molecule has 0 aliphatic rings. The van der Waals surface area contributed by atoms with E-state index in [0.717, 1.165) is 0 Å². The summed E-state index contributed by atoms with van der Waals surface area (Å²) in [5.41, 5.74) is -1.69. The van der Waals surface area contributed by atoms with E-state index in [0.29, 0.717) is 11.1 Å². The minimum absolute atomic E-state index is 0. The van der Waals surface area contributed by atoms with Crippen LogP contribution in [-0.2, 0) is 9.13 Å². The number of fused-ring (bicyclic) bond motifs is 1. The summed E-state index contributed by atoms with van der Waals surface area (Å²) in [6, 6.07) is 6.07. The molecule has 9 nitrogen and oxygen atoms in total. The molecule has 1 aromatic heterocycles. The Hall–Kier alpha value is 0.790. The van der Waals surface area contributed by atoms with Crippen LogP contribution in [0.5, 0.6) is 0 Å². The number of para-hydroxylation sites is 2. The van der Waals surface area contributed by atoms with Crippen molar-refractivity contribution < 1.29 is 33.1 Å². The van der Waals surface area contributed by atoms with Gasteiger partial charge >= 0.3 is 74.3 Å². The molecule has 1 aromatic carbocycles. The van der Waals surface area contributed by atoms with Crippen LogP contribution in [0.3, 0.4) is 0 Å². The van der Waals surface area contributed by atoms with Gasteiger partial charge < -0.3 is 29.3 Å². The molecule has 0 radical (unpaired) electrons. The topological polar surface area (TPSA) is 153 Å². The molecule has 2 rings (SSSR count). The molecule has 0 atom stereocenters. The third-order valence-electron chi connectivity index (χ3n) is 2.18. The SMILES string of the molecule is O=P(O)(O)C(Nc1nc2ccccc2o1)P(=O)(O)O.[NaH].[NaH]. The van der Waals surface area contributed by atoms with E-state index in [4.69, 9.17) is 24.0 Å². The Morgan fingerprint density at radius 3 is 2.05 bits per heavy atom. The standard InChI is InChI=1S/C8H10N2O7P2.2Na.2H/c11-18(12,13)8(19(14,15)16)10-7-9-5-3-1-2-4-6(5)17-7;;;;/h1-4,8H,(H,9,10)(H2,11,12,13)(H2,14,15,16);;;;. The third-order valence-corrected chi connectivity index (χ3v) is 5.52. The predicted octanol–water partition coefficient (Wildman–Crippen LogP) is -0.418. The van der Waals surface area contributed by atoms with Gasteiger partial charge in [-0.2, -0.15) is 4.98 Å². The number of aromatic nitrogens is 1. The first-order chi connectivity index (χ1) is 8.68. The van der Waals surface area contributed by atoms with Crippen LogP contribution in [0, 0.1) is 0 Å². The molecule has 2 aromatic rings.